The van der Waals surface area contributed by atoms with Crippen LogP contribution in [0.4, 0.5) is 34.1 Å². The average Bonchev–Trinajstić information content (AvgIpc) is 1.56. The molecule has 13 aromatic carbocycles. The van der Waals surface area contributed by atoms with Gasteiger partial charge in [0.2, 0.25) is 0 Å². The third-order valence-corrected chi connectivity index (χ3v) is 22.5. The van der Waals surface area contributed by atoms with Gasteiger partial charge in [-0.1, -0.05) is 238 Å². The van der Waals surface area contributed by atoms with Gasteiger partial charge >= 0.3 is 0 Å². The van der Waals surface area contributed by atoms with Crippen molar-refractivity contribution >= 4 is 108 Å². The van der Waals surface area contributed by atoms with E-state index < -0.39 is 0 Å². The molecule has 0 saturated heterocycles. The first-order valence-corrected chi connectivity index (χ1v) is 35.6. The van der Waals surface area contributed by atoms with E-state index in [2.05, 4.69) is 344 Å². The molecule has 16 rings (SSSR count). The van der Waals surface area contributed by atoms with E-state index in [4.69, 9.17) is 0 Å². The Morgan fingerprint density at radius 2 is 0.674 bits per heavy atom. The second-order valence-corrected chi connectivity index (χ2v) is 30.5. The van der Waals surface area contributed by atoms with Crippen molar-refractivity contribution in [2.45, 2.75) is 97.3 Å². The summed E-state index contributed by atoms with van der Waals surface area (Å²) in [6, 6.07) is 106. The summed E-state index contributed by atoms with van der Waals surface area (Å²) in [5.74, 6) is 0. The molecule has 0 fully saturated rings. The van der Waals surface area contributed by atoms with Crippen LogP contribution in [0.25, 0.3) is 107 Å². The van der Waals surface area contributed by atoms with E-state index >= 15 is 0 Å². The zero-order valence-electron chi connectivity index (χ0n) is 55.6. The zero-order valence-corrected chi connectivity index (χ0v) is 57.2. The number of fused-ring (bicyclic) bond motifs is 10. The number of thiophene rings is 2. The van der Waals surface area contributed by atoms with E-state index in [0.717, 1.165) is 59.8 Å². The summed E-state index contributed by atoms with van der Waals surface area (Å²) < 4.78 is 5.26. The highest BCUT2D eigenvalue weighted by atomic mass is 32.1. The molecule has 2 aromatic heterocycles. The van der Waals surface area contributed by atoms with E-state index in [1.54, 1.807) is 0 Å². The summed E-state index contributed by atoms with van der Waals surface area (Å²) in [4.78, 5) is 4.97. The van der Waals surface area contributed by atoms with Gasteiger partial charge in [-0.3, -0.25) is 0 Å². The van der Waals surface area contributed by atoms with Crippen molar-refractivity contribution in [2.24, 2.45) is 0 Å². The molecule has 4 heteroatoms. The molecule has 15 aromatic rings. The van der Waals surface area contributed by atoms with Crippen LogP contribution in [0.2, 0.25) is 0 Å². The third-order valence-electron chi connectivity index (χ3n) is 20.2. The molecule has 0 amide bonds. The van der Waals surface area contributed by atoms with Crippen LogP contribution in [0.1, 0.15) is 103 Å². The number of rotatable bonds is 14. The molecule has 0 radical (unpaired) electrons. The molecule has 464 valence electrons. The predicted octanol–water partition coefficient (Wildman–Crippen LogP) is 27.6. The summed E-state index contributed by atoms with van der Waals surface area (Å²) in [6.07, 6.45) is 4.22. The van der Waals surface area contributed by atoms with E-state index in [1.165, 1.54) is 129 Å². The summed E-state index contributed by atoms with van der Waals surface area (Å²) in [6.45, 7) is 18.4. The Balaban J connectivity index is 0.806. The molecule has 0 spiro atoms. The highest BCUT2D eigenvalue weighted by Crippen LogP contribution is 2.57. The summed E-state index contributed by atoms with van der Waals surface area (Å²) in [7, 11) is 0. The Hall–Kier alpha value is -9.84. The highest BCUT2D eigenvalue weighted by molar-refractivity contribution is 7.26. The summed E-state index contributed by atoms with van der Waals surface area (Å²) >= 11 is 3.75. The minimum Gasteiger partial charge on any atom is -0.310 e. The molecule has 0 bridgehead atoms. The first kappa shape index (κ1) is 60.1. The van der Waals surface area contributed by atoms with Gasteiger partial charge in [-0.2, -0.15) is 0 Å². The molecule has 95 heavy (non-hydrogen) atoms. The van der Waals surface area contributed by atoms with Crippen molar-refractivity contribution in [3.8, 4) is 55.6 Å². The van der Waals surface area contributed by atoms with E-state index in [-0.39, 0.29) is 16.2 Å². The molecule has 2 nitrogen and oxygen atoms in total. The Bertz CT molecular complexity index is 5390. The second-order valence-electron chi connectivity index (χ2n) is 28.4. The zero-order chi connectivity index (χ0) is 64.7. The minimum atomic E-state index is -0.199. The molecule has 1 aliphatic carbocycles. The van der Waals surface area contributed by atoms with Crippen LogP contribution in [-0.2, 0) is 16.2 Å². The molecule has 0 unspecified atom stereocenters. The molecular formula is C91H78N2S2. The van der Waals surface area contributed by atoms with Gasteiger partial charge in [-0.05, 0) is 222 Å². The third kappa shape index (κ3) is 10.9. The number of hydrogen-bond acceptors (Lipinski definition) is 4. The van der Waals surface area contributed by atoms with Crippen molar-refractivity contribution < 1.29 is 0 Å². The van der Waals surface area contributed by atoms with Crippen molar-refractivity contribution in [3.05, 3.63) is 301 Å². The van der Waals surface area contributed by atoms with Gasteiger partial charge in [-0.25, -0.2) is 0 Å². The monoisotopic (exact) mass is 1260 g/mol. The molecule has 1 aliphatic rings. The molecular weight excluding hydrogens is 1190 g/mol. The quantitative estimate of drug-likeness (QED) is 0.107. The lowest BCUT2D eigenvalue weighted by atomic mass is 9.71. The standard InChI is InChI=1S/C91H78N2S2/c1-9-49-91(50-10-2)83-55-68-53-75(92(71-40-29-61(30-41-71)59-25-36-69(37-26-59)89(3,4)5)73-19-15-17-63(51-73)66-34-46-80-78-21-11-13-23-85(78)94-87(80)56-66)44-33-65(68)54-82(83)77-48-45-76(58-84(77)91)93(72-42-31-62(32-43-72)60-27-38-70(39-28-60)90(6,7)8)74-20-16-18-64(52-74)67-35-47-81-79-22-12-14-24-86(79)95-88(81)57-67/h11-48,51-58H,9-10,49-50H2,1-8H3. The fourth-order valence-corrected chi connectivity index (χ4v) is 17.6. The molecule has 2 heterocycles. The SMILES string of the molecule is CCCC1(CCC)c2cc(N(c3ccc(-c4ccc(C(C)(C)C)cc4)cc3)c3cccc(-c4ccc5c(c4)sc4ccccc45)c3)ccc2-c2cc3ccc(N(c4ccc(-c5ccc(C(C)(C)C)cc5)cc4)c4cccc(-c5ccc6c(c5)sc5ccccc56)c4)cc3cc21. The number of hydrogen-bond donors (Lipinski definition) is 0. The maximum absolute atomic E-state index is 2.58. The smallest absolute Gasteiger partial charge is 0.0468 e. The lowest BCUT2D eigenvalue weighted by molar-refractivity contribution is 0.436. The fraction of sp³-hybridized carbons (Fsp3) is 0.165. The topological polar surface area (TPSA) is 6.48 Å². The molecule has 0 saturated carbocycles. The summed E-state index contributed by atoms with van der Waals surface area (Å²) in [5.41, 5.74) is 24.7. The highest BCUT2D eigenvalue weighted by Gasteiger charge is 2.43. The average molecular weight is 1260 g/mol. The molecule has 0 aliphatic heterocycles. The maximum Gasteiger partial charge on any atom is 0.0468 e. The first-order chi connectivity index (χ1) is 46.2. The van der Waals surface area contributed by atoms with Gasteiger partial charge < -0.3 is 9.80 Å². The van der Waals surface area contributed by atoms with Crippen LogP contribution in [0.3, 0.4) is 0 Å². The van der Waals surface area contributed by atoms with Gasteiger partial charge in [0.05, 0.1) is 0 Å². The Morgan fingerprint density at radius 3 is 1.15 bits per heavy atom. The van der Waals surface area contributed by atoms with Crippen LogP contribution in [0.5, 0.6) is 0 Å². The Morgan fingerprint density at radius 1 is 0.284 bits per heavy atom. The van der Waals surface area contributed by atoms with Gasteiger partial charge in [0.1, 0.15) is 0 Å². The van der Waals surface area contributed by atoms with Crippen molar-refractivity contribution in [1.29, 1.82) is 0 Å². The van der Waals surface area contributed by atoms with Crippen molar-refractivity contribution in [3.63, 3.8) is 0 Å². The van der Waals surface area contributed by atoms with E-state index in [9.17, 15) is 0 Å². The van der Waals surface area contributed by atoms with E-state index in [0.29, 0.717) is 0 Å². The van der Waals surface area contributed by atoms with Crippen LogP contribution in [0.15, 0.2) is 279 Å². The van der Waals surface area contributed by atoms with Crippen LogP contribution >= 0.6 is 22.7 Å². The van der Waals surface area contributed by atoms with Crippen molar-refractivity contribution in [1.82, 2.24) is 0 Å². The summed E-state index contributed by atoms with van der Waals surface area (Å²) in [5, 5.41) is 7.76. The molecule has 0 N–H and O–H groups in total. The Labute approximate surface area is 568 Å². The lowest BCUT2D eigenvalue weighted by Gasteiger charge is -2.33. The van der Waals surface area contributed by atoms with Gasteiger partial charge in [-0.15, -0.1) is 22.7 Å². The number of nitrogens with zero attached hydrogens (tertiary/aromatic N) is 2. The largest absolute Gasteiger partial charge is 0.310 e. The van der Waals surface area contributed by atoms with E-state index in [1.807, 2.05) is 22.7 Å². The lowest BCUT2D eigenvalue weighted by Crippen LogP contribution is -2.25. The normalized spacial score (nSPS) is 12.9. The van der Waals surface area contributed by atoms with Gasteiger partial charge in [0.25, 0.3) is 0 Å². The predicted molar refractivity (Wildman–Crippen MR) is 414 cm³/mol. The van der Waals surface area contributed by atoms with Crippen molar-refractivity contribution in [2.75, 3.05) is 9.80 Å². The maximum atomic E-state index is 2.58. The van der Waals surface area contributed by atoms with Crippen LogP contribution < -0.4 is 9.80 Å². The number of anilines is 6. The van der Waals surface area contributed by atoms with Gasteiger partial charge in [0, 0.05) is 79.9 Å². The van der Waals surface area contributed by atoms with Gasteiger partial charge in [0.15, 0.2) is 0 Å². The Kier molecular flexibility index (Phi) is 15.1. The second kappa shape index (κ2) is 23.9. The fourth-order valence-electron chi connectivity index (χ4n) is 15.3. The van der Waals surface area contributed by atoms with Crippen LogP contribution in [-0.4, -0.2) is 0 Å². The molecule has 0 atom stereocenters. The number of benzene rings is 13. The van der Waals surface area contributed by atoms with Crippen LogP contribution in [0, 0.1) is 0 Å². The first-order valence-electron chi connectivity index (χ1n) is 34.0. The minimum absolute atomic E-state index is 0.0878.